The Hall–Kier alpha value is -2.63. The van der Waals surface area contributed by atoms with Crippen molar-refractivity contribution in [2.45, 2.75) is 239 Å². The van der Waals surface area contributed by atoms with Gasteiger partial charge < -0.3 is 14.2 Å². The van der Waals surface area contributed by atoms with Gasteiger partial charge in [0, 0.05) is 19.3 Å². The van der Waals surface area contributed by atoms with Crippen molar-refractivity contribution in [3.05, 3.63) is 48.6 Å². The first kappa shape index (κ1) is 53.4. The van der Waals surface area contributed by atoms with Gasteiger partial charge in [0.1, 0.15) is 13.2 Å². The lowest BCUT2D eigenvalue weighted by atomic mass is 10.0. The van der Waals surface area contributed by atoms with E-state index in [9.17, 15) is 14.4 Å². The molecule has 0 heterocycles. The first-order valence-corrected chi connectivity index (χ1v) is 23.6. The minimum absolute atomic E-state index is 0.0720. The molecule has 1 atom stereocenters. The van der Waals surface area contributed by atoms with Gasteiger partial charge >= 0.3 is 17.9 Å². The molecule has 0 aliphatic heterocycles. The fraction of sp³-hybridized carbons (Fsp3) is 0.780. The van der Waals surface area contributed by atoms with Crippen molar-refractivity contribution in [1.29, 1.82) is 0 Å². The number of unbranched alkanes of at least 4 members (excludes halogenated alkanes) is 23. The SMILES string of the molecule is CC/C=C\C/C=C\C/C=C\C/C=C\CCCCCCCCCCCCCCC(=O)OCC(COC(=O)CCCCCCCC)OC(=O)CCCCCCCCC. The topological polar surface area (TPSA) is 78.9 Å². The Bertz CT molecular complexity index is 996. The summed E-state index contributed by atoms with van der Waals surface area (Å²) in [5, 5.41) is 0. The summed E-state index contributed by atoms with van der Waals surface area (Å²) < 4.78 is 16.6. The second kappa shape index (κ2) is 45.1. The molecule has 0 aromatic heterocycles. The highest BCUT2D eigenvalue weighted by Crippen LogP contribution is 2.15. The lowest BCUT2D eigenvalue weighted by molar-refractivity contribution is -0.167. The maximum absolute atomic E-state index is 12.6. The quantitative estimate of drug-likeness (QED) is 0.0265. The molecule has 1 unspecified atom stereocenters. The lowest BCUT2D eigenvalue weighted by Crippen LogP contribution is -2.30. The van der Waals surface area contributed by atoms with E-state index in [0.717, 1.165) is 83.5 Å². The maximum Gasteiger partial charge on any atom is 0.306 e. The molecule has 0 aromatic rings. The largest absolute Gasteiger partial charge is 0.462 e. The van der Waals surface area contributed by atoms with Crippen LogP contribution < -0.4 is 0 Å². The van der Waals surface area contributed by atoms with E-state index in [1.54, 1.807) is 0 Å². The van der Waals surface area contributed by atoms with Crippen LogP contribution in [-0.4, -0.2) is 37.2 Å². The van der Waals surface area contributed by atoms with Gasteiger partial charge in [0.2, 0.25) is 0 Å². The van der Waals surface area contributed by atoms with Gasteiger partial charge in [-0.05, 0) is 57.8 Å². The van der Waals surface area contributed by atoms with Crippen molar-refractivity contribution < 1.29 is 28.6 Å². The first-order chi connectivity index (χ1) is 27.5. The standard InChI is InChI=1S/C50H88O6/c1-4-7-10-13-16-17-18-19-20-21-22-23-24-25-26-27-28-29-30-31-32-33-35-37-40-43-49(52)55-46-47(45-54-48(51)42-39-36-15-12-9-6-3)56-50(53)44-41-38-34-14-11-8-5-2/h7,10,16-17,19-20,22-23,47H,4-6,8-9,11-15,18,21,24-46H2,1-3H3/b10-7-,17-16-,20-19-,23-22-. The normalized spacial score (nSPS) is 12.4. The second-order valence-corrected chi connectivity index (χ2v) is 15.6. The van der Waals surface area contributed by atoms with E-state index in [2.05, 4.69) is 69.4 Å². The Morgan fingerprint density at radius 2 is 0.696 bits per heavy atom. The Morgan fingerprint density at radius 3 is 1.09 bits per heavy atom. The average molecular weight is 785 g/mol. The van der Waals surface area contributed by atoms with E-state index < -0.39 is 6.10 Å². The van der Waals surface area contributed by atoms with Crippen molar-refractivity contribution in [2.24, 2.45) is 0 Å². The molecule has 0 fully saturated rings. The minimum Gasteiger partial charge on any atom is -0.462 e. The molecule has 0 spiro atoms. The molecule has 0 radical (unpaired) electrons. The molecule has 6 nitrogen and oxygen atoms in total. The van der Waals surface area contributed by atoms with Crippen LogP contribution in [0, 0.1) is 0 Å². The van der Waals surface area contributed by atoms with E-state index in [1.165, 1.54) is 109 Å². The molecular formula is C50H88O6. The van der Waals surface area contributed by atoms with Crippen LogP contribution in [0.4, 0.5) is 0 Å². The zero-order valence-electron chi connectivity index (χ0n) is 36.9. The number of hydrogen-bond acceptors (Lipinski definition) is 6. The highest BCUT2D eigenvalue weighted by Gasteiger charge is 2.19. The van der Waals surface area contributed by atoms with Gasteiger partial charge in [0.25, 0.3) is 0 Å². The summed E-state index contributed by atoms with van der Waals surface area (Å²) in [6.45, 7) is 6.41. The molecule has 0 saturated heterocycles. The smallest absolute Gasteiger partial charge is 0.306 e. The van der Waals surface area contributed by atoms with Gasteiger partial charge in [-0.25, -0.2) is 0 Å². The Morgan fingerprint density at radius 1 is 0.375 bits per heavy atom. The van der Waals surface area contributed by atoms with Crippen LogP contribution in [0.25, 0.3) is 0 Å². The third kappa shape index (κ3) is 42.5. The summed E-state index contributed by atoms with van der Waals surface area (Å²) in [6.07, 6.45) is 52.9. The Balaban J connectivity index is 4.00. The number of carbonyl (C=O) groups is 3. The summed E-state index contributed by atoms with van der Waals surface area (Å²) in [4.78, 5) is 37.4. The summed E-state index contributed by atoms with van der Waals surface area (Å²) in [7, 11) is 0. The van der Waals surface area contributed by atoms with E-state index >= 15 is 0 Å². The van der Waals surface area contributed by atoms with Crippen molar-refractivity contribution in [3.8, 4) is 0 Å². The summed E-state index contributed by atoms with van der Waals surface area (Å²) in [5.41, 5.74) is 0. The maximum atomic E-state index is 12.6. The zero-order chi connectivity index (χ0) is 40.8. The minimum atomic E-state index is -0.763. The second-order valence-electron chi connectivity index (χ2n) is 15.6. The van der Waals surface area contributed by atoms with Crippen LogP contribution in [0.15, 0.2) is 48.6 Å². The number of ether oxygens (including phenoxy) is 3. The Kier molecular flexibility index (Phi) is 43.0. The number of hydrogen-bond donors (Lipinski definition) is 0. The van der Waals surface area contributed by atoms with Crippen molar-refractivity contribution in [2.75, 3.05) is 13.2 Å². The van der Waals surface area contributed by atoms with Crippen LogP contribution in [0.3, 0.4) is 0 Å². The van der Waals surface area contributed by atoms with Crippen molar-refractivity contribution >= 4 is 17.9 Å². The van der Waals surface area contributed by atoms with E-state index in [-0.39, 0.29) is 31.1 Å². The number of allylic oxidation sites excluding steroid dienone is 8. The molecule has 324 valence electrons. The first-order valence-electron chi connectivity index (χ1n) is 23.6. The van der Waals surface area contributed by atoms with Crippen molar-refractivity contribution in [3.63, 3.8) is 0 Å². The highest BCUT2D eigenvalue weighted by atomic mass is 16.6. The van der Waals surface area contributed by atoms with E-state index in [0.29, 0.717) is 19.3 Å². The number of carbonyl (C=O) groups excluding carboxylic acids is 3. The van der Waals surface area contributed by atoms with Gasteiger partial charge in [0.05, 0.1) is 0 Å². The fourth-order valence-corrected chi connectivity index (χ4v) is 6.55. The van der Waals surface area contributed by atoms with Crippen molar-refractivity contribution in [1.82, 2.24) is 0 Å². The molecule has 0 bridgehead atoms. The third-order valence-electron chi connectivity index (χ3n) is 10.1. The third-order valence-corrected chi connectivity index (χ3v) is 10.1. The monoisotopic (exact) mass is 785 g/mol. The molecule has 0 aromatic carbocycles. The molecule has 0 rings (SSSR count). The van der Waals surface area contributed by atoms with Crippen LogP contribution in [-0.2, 0) is 28.6 Å². The van der Waals surface area contributed by atoms with E-state index in [4.69, 9.17) is 14.2 Å². The van der Waals surface area contributed by atoms with Gasteiger partial charge in [-0.2, -0.15) is 0 Å². The molecule has 0 saturated carbocycles. The van der Waals surface area contributed by atoms with Crippen LogP contribution in [0.5, 0.6) is 0 Å². The van der Waals surface area contributed by atoms with Crippen LogP contribution in [0.1, 0.15) is 233 Å². The number of esters is 3. The highest BCUT2D eigenvalue weighted by molar-refractivity contribution is 5.71. The fourth-order valence-electron chi connectivity index (χ4n) is 6.55. The summed E-state index contributed by atoms with van der Waals surface area (Å²) >= 11 is 0. The predicted molar refractivity (Wildman–Crippen MR) is 238 cm³/mol. The predicted octanol–water partition coefficient (Wildman–Crippen LogP) is 15.1. The Labute approximate surface area is 346 Å². The zero-order valence-corrected chi connectivity index (χ0v) is 36.9. The summed E-state index contributed by atoms with van der Waals surface area (Å²) in [6, 6.07) is 0. The van der Waals surface area contributed by atoms with Gasteiger partial charge in [-0.3, -0.25) is 14.4 Å². The molecule has 6 heteroatoms. The molecule has 56 heavy (non-hydrogen) atoms. The lowest BCUT2D eigenvalue weighted by Gasteiger charge is -2.18. The molecule has 0 aliphatic carbocycles. The van der Waals surface area contributed by atoms with Crippen LogP contribution >= 0.6 is 0 Å². The molecule has 0 aliphatic rings. The van der Waals surface area contributed by atoms with Gasteiger partial charge in [0.15, 0.2) is 6.10 Å². The molecule has 0 amide bonds. The van der Waals surface area contributed by atoms with Crippen LogP contribution in [0.2, 0.25) is 0 Å². The summed E-state index contributed by atoms with van der Waals surface area (Å²) in [5.74, 6) is -0.890. The van der Waals surface area contributed by atoms with Gasteiger partial charge in [-0.15, -0.1) is 0 Å². The molecular weight excluding hydrogens is 697 g/mol. The van der Waals surface area contributed by atoms with Gasteiger partial charge in [-0.1, -0.05) is 204 Å². The number of rotatable bonds is 42. The molecule has 0 N–H and O–H groups in total. The average Bonchev–Trinajstić information content (AvgIpc) is 3.19. The van der Waals surface area contributed by atoms with E-state index in [1.807, 2.05) is 0 Å².